The molecule has 3 aromatic rings. The number of likely N-dealkylation sites (N-methyl/N-ethyl adjacent to an activating group) is 1. The highest BCUT2D eigenvalue weighted by Crippen LogP contribution is 2.31. The Hall–Kier alpha value is -3.47. The third-order valence-corrected chi connectivity index (χ3v) is 4.91. The lowest BCUT2D eigenvalue weighted by molar-refractivity contribution is -0.126. The third kappa shape index (κ3) is 4.35. The van der Waals surface area contributed by atoms with Gasteiger partial charge < -0.3 is 19.1 Å². The van der Waals surface area contributed by atoms with Crippen LogP contribution in [0.25, 0.3) is 16.8 Å². The first-order chi connectivity index (χ1) is 14.1. The van der Waals surface area contributed by atoms with E-state index >= 15 is 0 Å². The Bertz CT molecular complexity index is 1060. The fourth-order valence-electron chi connectivity index (χ4n) is 3.32. The molecule has 0 N–H and O–H groups in total. The van der Waals surface area contributed by atoms with Crippen molar-refractivity contribution >= 4 is 22.8 Å². The van der Waals surface area contributed by atoms with Crippen LogP contribution in [0.1, 0.15) is 5.56 Å². The second-order valence-corrected chi connectivity index (χ2v) is 7.02. The molecule has 0 saturated carbocycles. The summed E-state index contributed by atoms with van der Waals surface area (Å²) >= 11 is 0. The molecule has 148 valence electrons. The van der Waals surface area contributed by atoms with E-state index < -0.39 is 0 Å². The van der Waals surface area contributed by atoms with Crippen LogP contribution in [-0.4, -0.2) is 44.2 Å². The van der Waals surface area contributed by atoms with Crippen molar-refractivity contribution in [2.45, 2.75) is 6.10 Å². The Morgan fingerprint density at radius 1 is 1.10 bits per heavy atom. The molecule has 1 atom stereocenters. The largest absolute Gasteiger partial charge is 0.497 e. The van der Waals surface area contributed by atoms with Crippen molar-refractivity contribution in [2.75, 3.05) is 27.3 Å². The maximum Gasteiger partial charge on any atom is 0.246 e. The van der Waals surface area contributed by atoms with Crippen molar-refractivity contribution in [3.8, 4) is 17.2 Å². The monoisotopic (exact) mass is 389 g/mol. The molecule has 0 saturated heterocycles. The number of para-hydroxylation sites is 2. The molecule has 4 rings (SSSR count). The predicted molar refractivity (Wildman–Crippen MR) is 114 cm³/mol. The highest BCUT2D eigenvalue weighted by atomic mass is 16.6. The lowest BCUT2D eigenvalue weighted by atomic mass is 10.1. The molecule has 0 aliphatic carbocycles. The van der Waals surface area contributed by atoms with Crippen LogP contribution in [0.5, 0.6) is 17.2 Å². The zero-order valence-corrected chi connectivity index (χ0v) is 16.5. The van der Waals surface area contributed by atoms with Gasteiger partial charge in [0.1, 0.15) is 12.4 Å². The number of benzene rings is 3. The van der Waals surface area contributed by atoms with Gasteiger partial charge in [-0.2, -0.15) is 0 Å². The number of ether oxygens (including phenoxy) is 3. The molecule has 5 heteroatoms. The molecule has 0 spiro atoms. The Kier molecular flexibility index (Phi) is 5.38. The summed E-state index contributed by atoms with van der Waals surface area (Å²) in [5, 5.41) is 2.19. The summed E-state index contributed by atoms with van der Waals surface area (Å²) in [5.41, 5.74) is 0.968. The van der Waals surface area contributed by atoms with Crippen LogP contribution >= 0.6 is 0 Å². The number of rotatable bonds is 5. The summed E-state index contributed by atoms with van der Waals surface area (Å²) in [5.74, 6) is 2.20. The number of hydrogen-bond acceptors (Lipinski definition) is 4. The van der Waals surface area contributed by atoms with E-state index in [9.17, 15) is 4.79 Å². The zero-order valence-electron chi connectivity index (χ0n) is 16.5. The van der Waals surface area contributed by atoms with E-state index in [1.807, 2.05) is 66.7 Å². The van der Waals surface area contributed by atoms with E-state index in [-0.39, 0.29) is 12.0 Å². The highest BCUT2D eigenvalue weighted by molar-refractivity contribution is 5.93. The first kappa shape index (κ1) is 18.9. The average Bonchev–Trinajstić information content (AvgIpc) is 2.76. The first-order valence-corrected chi connectivity index (χ1v) is 9.52. The van der Waals surface area contributed by atoms with Crippen molar-refractivity contribution < 1.29 is 19.0 Å². The van der Waals surface area contributed by atoms with Gasteiger partial charge in [-0.1, -0.05) is 30.3 Å². The average molecular weight is 389 g/mol. The molecule has 29 heavy (non-hydrogen) atoms. The maximum atomic E-state index is 12.5. The highest BCUT2D eigenvalue weighted by Gasteiger charge is 2.23. The van der Waals surface area contributed by atoms with Gasteiger partial charge in [0, 0.05) is 13.1 Å². The normalized spacial score (nSPS) is 15.4. The molecule has 1 amide bonds. The Morgan fingerprint density at radius 3 is 2.69 bits per heavy atom. The van der Waals surface area contributed by atoms with Gasteiger partial charge in [-0.15, -0.1) is 0 Å². The second kappa shape index (κ2) is 8.27. The lowest BCUT2D eigenvalue weighted by Crippen LogP contribution is -2.41. The molecule has 1 aliphatic heterocycles. The van der Waals surface area contributed by atoms with Gasteiger partial charge in [0.15, 0.2) is 17.6 Å². The van der Waals surface area contributed by atoms with Crippen LogP contribution < -0.4 is 14.2 Å². The number of nitrogens with zero attached hydrogens (tertiary/aromatic N) is 1. The Morgan fingerprint density at radius 2 is 1.86 bits per heavy atom. The van der Waals surface area contributed by atoms with E-state index in [0.29, 0.717) is 18.9 Å². The number of methoxy groups -OCH3 is 1. The molecule has 5 nitrogen and oxygen atoms in total. The molecule has 0 unspecified atom stereocenters. The van der Waals surface area contributed by atoms with Gasteiger partial charge >= 0.3 is 0 Å². The standard InChI is InChI=1S/C24H23NO4/c1-25(15-21-16-28-22-5-3-4-6-23(22)29-21)24(26)12-8-17-7-9-19-14-20(27-2)11-10-18(19)13-17/h3-14,21H,15-16H2,1-2H3/b12-8+/t21-/m1/s1. The molecule has 0 radical (unpaired) electrons. The number of carbonyl (C=O) groups excluding carboxylic acids is 1. The van der Waals surface area contributed by atoms with Gasteiger partial charge in [0.05, 0.1) is 13.7 Å². The summed E-state index contributed by atoms with van der Waals surface area (Å²) < 4.78 is 16.9. The van der Waals surface area contributed by atoms with Crippen LogP contribution in [-0.2, 0) is 4.79 Å². The zero-order chi connectivity index (χ0) is 20.2. The summed E-state index contributed by atoms with van der Waals surface area (Å²) in [6.07, 6.45) is 3.22. The van der Waals surface area contributed by atoms with Gasteiger partial charge in [-0.05, 0) is 52.7 Å². The van der Waals surface area contributed by atoms with Crippen LogP contribution in [0.15, 0.2) is 66.7 Å². The summed E-state index contributed by atoms with van der Waals surface area (Å²) in [6, 6.07) is 19.6. The van der Waals surface area contributed by atoms with Crippen LogP contribution in [0.4, 0.5) is 0 Å². The molecular formula is C24H23NO4. The summed E-state index contributed by atoms with van der Waals surface area (Å²) in [6.45, 7) is 0.876. The van der Waals surface area contributed by atoms with Crippen molar-refractivity contribution in [2.24, 2.45) is 0 Å². The second-order valence-electron chi connectivity index (χ2n) is 7.02. The lowest BCUT2D eigenvalue weighted by Gasteiger charge is -2.29. The van der Waals surface area contributed by atoms with Crippen molar-refractivity contribution in [3.05, 3.63) is 72.3 Å². The topological polar surface area (TPSA) is 48.0 Å². The van der Waals surface area contributed by atoms with Crippen molar-refractivity contribution in [3.63, 3.8) is 0 Å². The Labute approximate surface area is 170 Å². The quantitative estimate of drug-likeness (QED) is 0.615. The van der Waals surface area contributed by atoms with E-state index in [1.54, 1.807) is 25.1 Å². The van der Waals surface area contributed by atoms with E-state index in [1.165, 1.54) is 0 Å². The van der Waals surface area contributed by atoms with Crippen LogP contribution in [0, 0.1) is 0 Å². The molecule has 0 aromatic heterocycles. The third-order valence-electron chi connectivity index (χ3n) is 4.91. The minimum atomic E-state index is -0.192. The van der Waals surface area contributed by atoms with Crippen LogP contribution in [0.3, 0.4) is 0 Å². The number of fused-ring (bicyclic) bond motifs is 2. The van der Waals surface area contributed by atoms with E-state index in [2.05, 4.69) is 0 Å². The van der Waals surface area contributed by atoms with Gasteiger partial charge in [-0.25, -0.2) is 0 Å². The van der Waals surface area contributed by atoms with Crippen molar-refractivity contribution in [1.82, 2.24) is 4.90 Å². The fourth-order valence-corrected chi connectivity index (χ4v) is 3.32. The molecule has 0 bridgehead atoms. The Balaban J connectivity index is 1.38. The van der Waals surface area contributed by atoms with Crippen LogP contribution in [0.2, 0.25) is 0 Å². The molecular weight excluding hydrogens is 366 g/mol. The van der Waals surface area contributed by atoms with Crippen molar-refractivity contribution in [1.29, 1.82) is 0 Å². The van der Waals surface area contributed by atoms with Gasteiger partial charge in [-0.3, -0.25) is 4.79 Å². The number of amides is 1. The minimum absolute atomic E-state index is 0.0812. The fraction of sp³-hybridized carbons (Fsp3) is 0.208. The van der Waals surface area contributed by atoms with Gasteiger partial charge in [0.2, 0.25) is 5.91 Å². The first-order valence-electron chi connectivity index (χ1n) is 9.52. The maximum absolute atomic E-state index is 12.5. The number of hydrogen-bond donors (Lipinski definition) is 0. The predicted octanol–water partition coefficient (Wildman–Crippen LogP) is 4.16. The summed E-state index contributed by atoms with van der Waals surface area (Å²) in [4.78, 5) is 14.2. The summed E-state index contributed by atoms with van der Waals surface area (Å²) in [7, 11) is 3.42. The van der Waals surface area contributed by atoms with E-state index in [4.69, 9.17) is 14.2 Å². The smallest absolute Gasteiger partial charge is 0.246 e. The number of carbonyl (C=O) groups is 1. The SMILES string of the molecule is COc1ccc2cc(/C=C/C(=O)N(C)C[C@@H]3COc4ccccc4O3)ccc2c1. The molecule has 0 fully saturated rings. The molecule has 1 aliphatic rings. The van der Waals surface area contributed by atoms with Gasteiger partial charge in [0.25, 0.3) is 0 Å². The molecule has 3 aromatic carbocycles. The molecule has 1 heterocycles. The van der Waals surface area contributed by atoms with E-state index in [0.717, 1.165) is 27.8 Å². The minimum Gasteiger partial charge on any atom is -0.497 e.